The van der Waals surface area contributed by atoms with Gasteiger partial charge in [0.2, 0.25) is 0 Å². The summed E-state index contributed by atoms with van der Waals surface area (Å²) in [4.78, 5) is 0. The highest BCUT2D eigenvalue weighted by Gasteiger charge is 2.48. The summed E-state index contributed by atoms with van der Waals surface area (Å²) in [7, 11) is -6.20. The monoisotopic (exact) mass is 458 g/mol. The minimum absolute atomic E-state index is 0.511. The fourth-order valence-corrected chi connectivity index (χ4v) is 8.13. The van der Waals surface area contributed by atoms with Gasteiger partial charge < -0.3 is 18.5 Å². The minimum Gasteiger partial charge on any atom is -0.422 e. The molecule has 1 aromatic carbocycles. The van der Waals surface area contributed by atoms with Gasteiger partial charge in [0.15, 0.2) is 0 Å². The first kappa shape index (κ1) is 20.9. The number of rotatable bonds is 8. The molecule has 4 fully saturated rings. The van der Waals surface area contributed by atoms with E-state index in [2.05, 4.69) is 0 Å². The molecule has 0 bridgehead atoms. The van der Waals surface area contributed by atoms with E-state index < -0.39 is 15.3 Å². The molecule has 0 aliphatic carbocycles. The summed E-state index contributed by atoms with van der Waals surface area (Å²) in [5.41, 5.74) is 0. The lowest BCUT2D eigenvalue weighted by atomic mass is 10.3. The van der Waals surface area contributed by atoms with E-state index in [9.17, 15) is 9.13 Å². The smallest absolute Gasteiger partial charge is 0.395 e. The van der Waals surface area contributed by atoms with Crippen molar-refractivity contribution in [2.75, 3.05) is 78.8 Å². The maximum absolute atomic E-state index is 13.6. The van der Waals surface area contributed by atoms with E-state index >= 15 is 0 Å². The van der Waals surface area contributed by atoms with E-state index in [1.807, 2.05) is 18.7 Å². The van der Waals surface area contributed by atoms with Gasteiger partial charge >= 0.3 is 15.3 Å². The van der Waals surface area contributed by atoms with Crippen LogP contribution < -0.4 is 9.05 Å². The van der Waals surface area contributed by atoms with Crippen LogP contribution in [0.4, 0.5) is 0 Å². The summed E-state index contributed by atoms with van der Waals surface area (Å²) in [6.45, 7) is 7.68. The van der Waals surface area contributed by atoms with Crippen LogP contribution >= 0.6 is 15.3 Å². The molecule has 0 aromatic heterocycles. The first-order valence-electron chi connectivity index (χ1n) is 10.4. The molecule has 4 saturated heterocycles. The van der Waals surface area contributed by atoms with Crippen LogP contribution in [-0.4, -0.2) is 97.5 Å². The highest BCUT2D eigenvalue weighted by atomic mass is 31.2. The third-order valence-corrected chi connectivity index (χ3v) is 10.9. The van der Waals surface area contributed by atoms with Gasteiger partial charge in [-0.1, -0.05) is 0 Å². The number of hydrogen-bond acceptors (Lipinski definition) is 6. The van der Waals surface area contributed by atoms with Crippen LogP contribution in [0.2, 0.25) is 0 Å². The van der Waals surface area contributed by atoms with Gasteiger partial charge in [-0.15, -0.1) is 0 Å². The van der Waals surface area contributed by atoms with Gasteiger partial charge in [0.25, 0.3) is 0 Å². The van der Waals surface area contributed by atoms with Crippen LogP contribution in [0.5, 0.6) is 11.5 Å². The SMILES string of the molecule is O=P(Oc1ccc(OP(=O)(N2CCOCC2)N2CC2)cc1)(N1CCOCC1)N1CC1. The largest absolute Gasteiger partial charge is 0.422 e. The van der Waals surface area contributed by atoms with E-state index in [1.165, 1.54) is 0 Å². The number of benzene rings is 1. The maximum atomic E-state index is 13.6. The van der Waals surface area contributed by atoms with Crippen LogP contribution in [0.1, 0.15) is 0 Å². The quantitative estimate of drug-likeness (QED) is 0.426. The van der Waals surface area contributed by atoms with Crippen LogP contribution in [-0.2, 0) is 18.6 Å². The maximum Gasteiger partial charge on any atom is 0.395 e. The van der Waals surface area contributed by atoms with Crippen molar-refractivity contribution in [3.63, 3.8) is 0 Å². The molecule has 2 atom stereocenters. The number of hydrogen-bond donors (Lipinski definition) is 0. The third kappa shape index (κ3) is 4.33. The van der Waals surface area contributed by atoms with Crippen LogP contribution in [0.15, 0.2) is 24.3 Å². The highest BCUT2D eigenvalue weighted by molar-refractivity contribution is 7.55. The zero-order valence-corrected chi connectivity index (χ0v) is 18.7. The predicted octanol–water partition coefficient (Wildman–Crippen LogP) is 1.96. The molecule has 0 radical (unpaired) electrons. The summed E-state index contributed by atoms with van der Waals surface area (Å²) in [6, 6.07) is 6.94. The van der Waals surface area contributed by atoms with E-state index in [-0.39, 0.29) is 0 Å². The molecule has 0 spiro atoms. The Kier molecular flexibility index (Phi) is 5.94. The first-order valence-corrected chi connectivity index (χ1v) is 13.5. The Labute approximate surface area is 176 Å². The Morgan fingerprint density at radius 2 is 0.867 bits per heavy atom. The molecular weight excluding hydrogens is 430 g/mol. The highest BCUT2D eigenvalue weighted by Crippen LogP contribution is 2.59. The molecule has 2 unspecified atom stereocenters. The second kappa shape index (κ2) is 8.52. The van der Waals surface area contributed by atoms with Gasteiger partial charge in [-0.2, -0.15) is 0 Å². The van der Waals surface area contributed by atoms with E-state index in [0.717, 1.165) is 26.2 Å². The molecule has 0 amide bonds. The molecule has 0 saturated carbocycles. The van der Waals surface area contributed by atoms with Gasteiger partial charge in [-0.3, -0.25) is 0 Å². The van der Waals surface area contributed by atoms with E-state index in [0.29, 0.717) is 64.1 Å². The van der Waals surface area contributed by atoms with Crippen molar-refractivity contribution in [1.82, 2.24) is 18.7 Å². The van der Waals surface area contributed by atoms with Gasteiger partial charge in [-0.05, 0) is 24.3 Å². The lowest BCUT2D eigenvalue weighted by molar-refractivity contribution is 0.0659. The molecule has 30 heavy (non-hydrogen) atoms. The van der Waals surface area contributed by atoms with Crippen molar-refractivity contribution in [2.24, 2.45) is 0 Å². The summed E-state index contributed by atoms with van der Waals surface area (Å²) in [5, 5.41) is 0. The fourth-order valence-electron chi connectivity index (χ4n) is 3.63. The lowest BCUT2D eigenvalue weighted by Crippen LogP contribution is -2.37. The lowest BCUT2D eigenvalue weighted by Gasteiger charge is -2.34. The zero-order valence-electron chi connectivity index (χ0n) is 16.9. The third-order valence-electron chi connectivity index (χ3n) is 5.52. The van der Waals surface area contributed by atoms with Gasteiger partial charge in [0.05, 0.1) is 26.4 Å². The summed E-state index contributed by atoms with van der Waals surface area (Å²) < 4.78 is 57.5. The van der Waals surface area contributed by atoms with Gasteiger partial charge in [0, 0.05) is 52.4 Å². The van der Waals surface area contributed by atoms with Crippen molar-refractivity contribution in [3.8, 4) is 11.5 Å². The Morgan fingerprint density at radius 3 is 1.17 bits per heavy atom. The van der Waals surface area contributed by atoms with Gasteiger partial charge in [-0.25, -0.2) is 27.8 Å². The molecule has 10 nitrogen and oxygen atoms in total. The molecule has 166 valence electrons. The Balaban J connectivity index is 1.29. The molecule has 4 heterocycles. The number of morpholine rings is 2. The van der Waals surface area contributed by atoms with Crippen LogP contribution in [0.25, 0.3) is 0 Å². The molecule has 0 N–H and O–H groups in total. The van der Waals surface area contributed by atoms with Crippen LogP contribution in [0, 0.1) is 0 Å². The predicted molar refractivity (Wildman–Crippen MR) is 111 cm³/mol. The zero-order chi connectivity index (χ0) is 20.6. The first-order chi connectivity index (χ1) is 14.6. The average molecular weight is 458 g/mol. The second-order valence-corrected chi connectivity index (χ2v) is 12.3. The molecule has 1 aromatic rings. The fraction of sp³-hybridized carbons (Fsp3) is 0.667. The summed E-state index contributed by atoms with van der Waals surface area (Å²) >= 11 is 0. The number of nitrogens with zero attached hydrogens (tertiary/aromatic N) is 4. The second-order valence-electron chi connectivity index (χ2n) is 7.67. The minimum atomic E-state index is -3.10. The number of ether oxygens (including phenoxy) is 2. The molecule has 4 aliphatic rings. The average Bonchev–Trinajstić information content (AvgIpc) is 3.67. The van der Waals surface area contributed by atoms with Crippen LogP contribution in [0.3, 0.4) is 0 Å². The molecule has 12 heteroatoms. The normalized spacial score (nSPS) is 27.7. The van der Waals surface area contributed by atoms with Crippen molar-refractivity contribution in [3.05, 3.63) is 24.3 Å². The Hall–Kier alpha value is -0.960. The Morgan fingerprint density at radius 1 is 0.567 bits per heavy atom. The van der Waals surface area contributed by atoms with Crippen molar-refractivity contribution in [2.45, 2.75) is 0 Å². The van der Waals surface area contributed by atoms with Crippen molar-refractivity contribution in [1.29, 1.82) is 0 Å². The molecule has 4 aliphatic heterocycles. The summed E-state index contributed by atoms with van der Waals surface area (Å²) in [6.07, 6.45) is 0. The van der Waals surface area contributed by atoms with E-state index in [4.69, 9.17) is 18.5 Å². The summed E-state index contributed by atoms with van der Waals surface area (Å²) in [5.74, 6) is 1.02. The van der Waals surface area contributed by atoms with Gasteiger partial charge in [0.1, 0.15) is 11.5 Å². The van der Waals surface area contributed by atoms with Crippen molar-refractivity contribution < 1.29 is 27.7 Å². The van der Waals surface area contributed by atoms with Crippen molar-refractivity contribution >= 4 is 15.3 Å². The topological polar surface area (TPSA) is 83.6 Å². The molecular formula is C18H28N4O6P2. The standard InChI is InChI=1S/C18H28N4O6P2/c23-29(19-5-6-19,21-9-13-25-14-10-21)27-17-1-2-18(4-3-17)28-30(24,20-7-8-20)22-11-15-26-16-12-22/h1-4H,5-16H2. The molecule has 5 rings (SSSR count). The van der Waals surface area contributed by atoms with E-state index in [1.54, 1.807) is 24.3 Å². The Bertz CT molecular complexity index is 767.